The van der Waals surface area contributed by atoms with Crippen molar-refractivity contribution in [2.75, 3.05) is 5.73 Å². The summed E-state index contributed by atoms with van der Waals surface area (Å²) >= 11 is 6.05. The molecule has 0 radical (unpaired) electrons. The number of carbonyl (C=O) groups excluding carboxylic acids is 2. The van der Waals surface area contributed by atoms with Gasteiger partial charge >= 0.3 is 0 Å². The van der Waals surface area contributed by atoms with E-state index in [-0.39, 0.29) is 27.4 Å². The fraction of sp³-hybridized carbons (Fsp3) is 0.412. The Morgan fingerprint density at radius 1 is 1.04 bits per heavy atom. The van der Waals surface area contributed by atoms with Crippen LogP contribution in [0.15, 0.2) is 16.7 Å². The van der Waals surface area contributed by atoms with Crippen LogP contribution in [-0.2, 0) is 0 Å². The molecule has 0 aromatic heterocycles. The molecule has 4 N–H and O–H groups in total. The number of fused-ring (bicyclic) bond motifs is 1. The summed E-state index contributed by atoms with van der Waals surface area (Å²) in [6.07, 6.45) is 5.31. The van der Waals surface area contributed by atoms with Gasteiger partial charge < -0.3 is 15.9 Å². The fourth-order valence-corrected chi connectivity index (χ4v) is 3.03. The van der Waals surface area contributed by atoms with Crippen molar-refractivity contribution in [2.24, 2.45) is 0 Å². The highest BCUT2D eigenvalue weighted by atomic mass is 35.5. The molecule has 0 aliphatic heterocycles. The standard InChI is InChI=1S/C17H20ClNO4/c1-2-3-4-5-6-7-9-14(18)17(23)12-11(20)8-10(19)16(22)13(12)15(9)21/h8,20,22H,2-7,19H2,1H3. The van der Waals surface area contributed by atoms with Gasteiger partial charge in [-0.05, 0) is 12.8 Å². The van der Waals surface area contributed by atoms with Gasteiger partial charge in [0.2, 0.25) is 5.78 Å². The summed E-state index contributed by atoms with van der Waals surface area (Å²) in [5.41, 5.74) is 5.07. The van der Waals surface area contributed by atoms with E-state index in [1.165, 1.54) is 0 Å². The lowest BCUT2D eigenvalue weighted by Gasteiger charge is -2.20. The zero-order chi connectivity index (χ0) is 17.1. The maximum atomic E-state index is 12.6. The normalized spacial score (nSPS) is 14.3. The predicted octanol–water partition coefficient (Wildman–Crippen LogP) is 3.91. The van der Waals surface area contributed by atoms with E-state index in [2.05, 4.69) is 6.92 Å². The highest BCUT2D eigenvalue weighted by molar-refractivity contribution is 6.50. The first-order valence-corrected chi connectivity index (χ1v) is 8.10. The van der Waals surface area contributed by atoms with E-state index in [4.69, 9.17) is 17.3 Å². The van der Waals surface area contributed by atoms with Crippen LogP contribution in [0.4, 0.5) is 5.69 Å². The smallest absolute Gasteiger partial charge is 0.209 e. The van der Waals surface area contributed by atoms with E-state index >= 15 is 0 Å². The van der Waals surface area contributed by atoms with Crippen molar-refractivity contribution in [3.8, 4) is 11.5 Å². The lowest BCUT2D eigenvalue weighted by Crippen LogP contribution is -2.21. The minimum absolute atomic E-state index is 0.150. The molecule has 0 bridgehead atoms. The third-order valence-electron chi connectivity index (χ3n) is 4.03. The second kappa shape index (κ2) is 7.04. The maximum absolute atomic E-state index is 12.6. The molecule has 1 aromatic rings. The number of carbonyl (C=O) groups is 2. The molecule has 0 saturated heterocycles. The first kappa shape index (κ1) is 17.3. The summed E-state index contributed by atoms with van der Waals surface area (Å²) in [5, 5.41) is 19.7. The fourth-order valence-electron chi connectivity index (χ4n) is 2.76. The lowest BCUT2D eigenvalue weighted by molar-refractivity contribution is 0.0972. The van der Waals surface area contributed by atoms with Crippen LogP contribution < -0.4 is 5.73 Å². The monoisotopic (exact) mass is 337 g/mol. The van der Waals surface area contributed by atoms with Crippen LogP contribution in [0.1, 0.15) is 66.2 Å². The molecule has 0 saturated carbocycles. The second-order valence-electron chi connectivity index (χ2n) is 5.70. The maximum Gasteiger partial charge on any atom is 0.209 e. The van der Waals surface area contributed by atoms with Gasteiger partial charge in [0, 0.05) is 11.6 Å². The first-order valence-electron chi connectivity index (χ1n) is 7.72. The van der Waals surface area contributed by atoms with Crippen molar-refractivity contribution in [3.05, 3.63) is 27.8 Å². The minimum atomic E-state index is -0.655. The van der Waals surface area contributed by atoms with Crippen LogP contribution in [-0.4, -0.2) is 21.8 Å². The molecule has 0 fully saturated rings. The van der Waals surface area contributed by atoms with Crippen LogP contribution >= 0.6 is 11.6 Å². The third kappa shape index (κ3) is 3.20. The van der Waals surface area contributed by atoms with Crippen molar-refractivity contribution < 1.29 is 19.8 Å². The van der Waals surface area contributed by atoms with Crippen molar-refractivity contribution in [2.45, 2.75) is 45.4 Å². The van der Waals surface area contributed by atoms with Gasteiger partial charge in [-0.25, -0.2) is 0 Å². The summed E-state index contributed by atoms with van der Waals surface area (Å²) in [5.74, 6) is -2.13. The third-order valence-corrected chi connectivity index (χ3v) is 4.43. The van der Waals surface area contributed by atoms with E-state index < -0.39 is 23.1 Å². The van der Waals surface area contributed by atoms with Crippen molar-refractivity contribution in [1.29, 1.82) is 0 Å². The molecule has 23 heavy (non-hydrogen) atoms. The van der Waals surface area contributed by atoms with E-state index in [0.717, 1.165) is 38.2 Å². The number of anilines is 1. The topological polar surface area (TPSA) is 101 Å². The second-order valence-corrected chi connectivity index (χ2v) is 6.08. The van der Waals surface area contributed by atoms with Gasteiger partial charge in [-0.2, -0.15) is 0 Å². The van der Waals surface area contributed by atoms with Gasteiger partial charge in [-0.15, -0.1) is 0 Å². The SMILES string of the molecule is CCCCCCCC1=C(Cl)C(=O)c2c(O)cc(N)c(O)c2C1=O. The Kier molecular flexibility index (Phi) is 5.31. The number of nitrogens with two attached hydrogens (primary N) is 1. The molecule has 0 atom stereocenters. The molecule has 1 aliphatic rings. The molecule has 0 spiro atoms. The number of benzene rings is 1. The number of allylic oxidation sites excluding steroid dienone is 2. The molecule has 5 nitrogen and oxygen atoms in total. The molecule has 1 aromatic carbocycles. The number of ketones is 2. The van der Waals surface area contributed by atoms with Gasteiger partial charge in [0.1, 0.15) is 5.75 Å². The summed E-state index contributed by atoms with van der Waals surface area (Å²) in [6.45, 7) is 2.11. The number of phenols is 2. The molecule has 124 valence electrons. The summed E-state index contributed by atoms with van der Waals surface area (Å²) < 4.78 is 0. The number of hydrogen-bond acceptors (Lipinski definition) is 5. The molecule has 2 rings (SSSR count). The number of nitrogen functional groups attached to an aromatic ring is 1. The summed E-state index contributed by atoms with van der Waals surface area (Å²) in [6, 6.07) is 1.04. The van der Waals surface area contributed by atoms with Crippen LogP contribution in [0.3, 0.4) is 0 Å². The Balaban J connectivity index is 2.32. The first-order chi connectivity index (χ1) is 10.9. The minimum Gasteiger partial charge on any atom is -0.507 e. The van der Waals surface area contributed by atoms with Crippen molar-refractivity contribution in [3.63, 3.8) is 0 Å². The van der Waals surface area contributed by atoms with Gasteiger partial charge in [0.05, 0.1) is 21.8 Å². The predicted molar refractivity (Wildman–Crippen MR) is 89.1 cm³/mol. The number of aromatic hydroxyl groups is 2. The Morgan fingerprint density at radius 3 is 2.35 bits per heavy atom. The number of Topliss-reactive ketones (excluding diaryl/α,β-unsaturated/α-hetero) is 2. The van der Waals surface area contributed by atoms with E-state index in [0.29, 0.717) is 6.42 Å². The van der Waals surface area contributed by atoms with Gasteiger partial charge in [0.25, 0.3) is 0 Å². The van der Waals surface area contributed by atoms with Gasteiger partial charge in [-0.3, -0.25) is 9.59 Å². The number of halogens is 1. The summed E-state index contributed by atoms with van der Waals surface area (Å²) in [7, 11) is 0. The number of hydrogen-bond donors (Lipinski definition) is 3. The number of phenolic OH excluding ortho intramolecular Hbond substituents is 2. The molecule has 1 aliphatic carbocycles. The Bertz CT molecular complexity index is 694. The van der Waals surface area contributed by atoms with E-state index in [9.17, 15) is 19.8 Å². The van der Waals surface area contributed by atoms with Crippen LogP contribution in [0.25, 0.3) is 0 Å². The number of unbranched alkanes of at least 4 members (excludes halogenated alkanes) is 4. The average Bonchev–Trinajstić information content (AvgIpc) is 2.51. The highest BCUT2D eigenvalue weighted by Gasteiger charge is 2.36. The zero-order valence-corrected chi connectivity index (χ0v) is 13.7. The average molecular weight is 338 g/mol. The lowest BCUT2D eigenvalue weighted by atomic mass is 9.85. The van der Waals surface area contributed by atoms with E-state index in [1.54, 1.807) is 0 Å². The summed E-state index contributed by atoms with van der Waals surface area (Å²) in [4.78, 5) is 24.9. The van der Waals surface area contributed by atoms with Crippen LogP contribution in [0, 0.1) is 0 Å². The zero-order valence-electron chi connectivity index (χ0n) is 13.0. The molecule has 0 amide bonds. The molecule has 0 heterocycles. The van der Waals surface area contributed by atoms with E-state index in [1.807, 2.05) is 0 Å². The quantitative estimate of drug-likeness (QED) is 0.316. The molecular weight excluding hydrogens is 318 g/mol. The Morgan fingerprint density at radius 2 is 1.70 bits per heavy atom. The molecular formula is C17H20ClNO4. The van der Waals surface area contributed by atoms with Crippen molar-refractivity contribution in [1.82, 2.24) is 0 Å². The van der Waals surface area contributed by atoms with Gasteiger partial charge in [0.15, 0.2) is 11.5 Å². The largest absolute Gasteiger partial charge is 0.507 e. The van der Waals surface area contributed by atoms with Crippen LogP contribution in [0.5, 0.6) is 11.5 Å². The highest BCUT2D eigenvalue weighted by Crippen LogP contribution is 2.42. The number of rotatable bonds is 6. The van der Waals surface area contributed by atoms with Crippen molar-refractivity contribution >= 4 is 28.9 Å². The Hall–Kier alpha value is -2.01. The van der Waals surface area contributed by atoms with Crippen LogP contribution in [0.2, 0.25) is 0 Å². The molecule has 0 unspecified atom stereocenters. The Labute approximate surface area is 139 Å². The molecule has 6 heteroatoms. The van der Waals surface area contributed by atoms with Gasteiger partial charge in [-0.1, -0.05) is 44.2 Å².